The summed E-state index contributed by atoms with van der Waals surface area (Å²) < 4.78 is 11.8. The van der Waals surface area contributed by atoms with Gasteiger partial charge in [-0.05, 0) is 66.6 Å². The SMILES string of the molecule is Cc1cc2c(cc1C)OCC(CC(C)(C)c1ccc3c(c1)NCCO3)N2. The van der Waals surface area contributed by atoms with Gasteiger partial charge >= 0.3 is 0 Å². The summed E-state index contributed by atoms with van der Waals surface area (Å²) in [5.41, 5.74) is 6.13. The Balaban J connectivity index is 1.52. The molecule has 2 aromatic carbocycles. The van der Waals surface area contributed by atoms with Crippen molar-refractivity contribution in [2.24, 2.45) is 0 Å². The molecule has 0 saturated carbocycles. The molecule has 0 bridgehead atoms. The lowest BCUT2D eigenvalue weighted by Gasteiger charge is -2.35. The first kappa shape index (κ1) is 17.1. The minimum absolute atomic E-state index is 0.0342. The van der Waals surface area contributed by atoms with E-state index < -0.39 is 0 Å². The molecule has 0 fully saturated rings. The molecule has 4 nitrogen and oxygen atoms in total. The van der Waals surface area contributed by atoms with Gasteiger partial charge in [-0.2, -0.15) is 0 Å². The number of nitrogens with one attached hydrogen (secondary N) is 2. The third kappa shape index (κ3) is 3.20. The normalized spacial score (nSPS) is 18.5. The van der Waals surface area contributed by atoms with Crippen LogP contribution in [0.2, 0.25) is 0 Å². The van der Waals surface area contributed by atoms with E-state index in [4.69, 9.17) is 9.47 Å². The number of benzene rings is 2. The van der Waals surface area contributed by atoms with Crippen molar-refractivity contribution < 1.29 is 9.47 Å². The third-order valence-electron chi connectivity index (χ3n) is 5.59. The van der Waals surface area contributed by atoms with Crippen LogP contribution in [0.3, 0.4) is 0 Å². The first-order valence-electron chi connectivity index (χ1n) is 9.44. The summed E-state index contributed by atoms with van der Waals surface area (Å²) in [4.78, 5) is 0. The van der Waals surface area contributed by atoms with E-state index in [9.17, 15) is 0 Å². The largest absolute Gasteiger partial charge is 0.490 e. The fraction of sp³-hybridized carbons (Fsp3) is 0.455. The van der Waals surface area contributed by atoms with Crippen molar-refractivity contribution in [3.05, 3.63) is 47.0 Å². The van der Waals surface area contributed by atoms with E-state index in [-0.39, 0.29) is 5.41 Å². The molecule has 1 atom stereocenters. The van der Waals surface area contributed by atoms with Crippen LogP contribution in [0.15, 0.2) is 30.3 Å². The highest BCUT2D eigenvalue weighted by Crippen LogP contribution is 2.38. The number of hydrogen-bond donors (Lipinski definition) is 2. The number of ether oxygens (including phenoxy) is 2. The zero-order valence-corrected chi connectivity index (χ0v) is 16.1. The molecule has 0 saturated heterocycles. The predicted molar refractivity (Wildman–Crippen MR) is 107 cm³/mol. The monoisotopic (exact) mass is 352 g/mol. The lowest BCUT2D eigenvalue weighted by atomic mass is 9.78. The van der Waals surface area contributed by atoms with Crippen molar-refractivity contribution in [2.45, 2.75) is 45.6 Å². The van der Waals surface area contributed by atoms with Crippen LogP contribution in [-0.4, -0.2) is 25.8 Å². The van der Waals surface area contributed by atoms with Gasteiger partial charge in [0.1, 0.15) is 24.7 Å². The highest BCUT2D eigenvalue weighted by molar-refractivity contribution is 5.62. The number of fused-ring (bicyclic) bond motifs is 2. The molecule has 1 unspecified atom stereocenters. The molecule has 0 aromatic heterocycles. The van der Waals surface area contributed by atoms with E-state index in [1.807, 2.05) is 0 Å². The smallest absolute Gasteiger partial charge is 0.142 e. The molecule has 2 aliphatic rings. The molecule has 2 aromatic rings. The summed E-state index contributed by atoms with van der Waals surface area (Å²) in [7, 11) is 0. The first-order chi connectivity index (χ1) is 12.4. The van der Waals surface area contributed by atoms with Gasteiger partial charge in [0.2, 0.25) is 0 Å². The predicted octanol–water partition coefficient (Wildman–Crippen LogP) is 4.65. The Kier molecular flexibility index (Phi) is 4.22. The minimum atomic E-state index is 0.0342. The summed E-state index contributed by atoms with van der Waals surface area (Å²) in [6.07, 6.45) is 0.999. The van der Waals surface area contributed by atoms with Crippen molar-refractivity contribution in [3.63, 3.8) is 0 Å². The molecule has 0 aliphatic carbocycles. The first-order valence-corrected chi connectivity index (χ1v) is 9.44. The standard InChI is InChI=1S/C22H28N2O2/c1-14-9-19-21(10-15(14)2)26-13-17(24-19)12-22(3,4)16-5-6-20-18(11-16)23-7-8-25-20/h5-6,9-11,17,23-24H,7-8,12-13H2,1-4H3. The van der Waals surface area contributed by atoms with Crippen LogP contribution in [0.5, 0.6) is 11.5 Å². The van der Waals surface area contributed by atoms with Crippen molar-refractivity contribution in [2.75, 3.05) is 30.4 Å². The maximum absolute atomic E-state index is 6.05. The van der Waals surface area contributed by atoms with Crippen LogP contribution < -0.4 is 20.1 Å². The van der Waals surface area contributed by atoms with Crippen LogP contribution in [0.4, 0.5) is 11.4 Å². The van der Waals surface area contributed by atoms with Gasteiger partial charge in [0, 0.05) is 6.54 Å². The summed E-state index contributed by atoms with van der Waals surface area (Å²) in [6, 6.07) is 11.1. The summed E-state index contributed by atoms with van der Waals surface area (Å²) >= 11 is 0. The van der Waals surface area contributed by atoms with Crippen LogP contribution in [-0.2, 0) is 5.41 Å². The maximum Gasteiger partial charge on any atom is 0.142 e. The van der Waals surface area contributed by atoms with Gasteiger partial charge in [-0.1, -0.05) is 19.9 Å². The number of rotatable bonds is 3. The second-order valence-corrected chi connectivity index (χ2v) is 8.16. The molecular formula is C22H28N2O2. The van der Waals surface area contributed by atoms with E-state index in [1.54, 1.807) is 0 Å². The molecule has 2 heterocycles. The lowest BCUT2D eigenvalue weighted by Crippen LogP contribution is -2.37. The fourth-order valence-corrected chi connectivity index (χ4v) is 3.88. The number of hydrogen-bond acceptors (Lipinski definition) is 4. The Morgan fingerprint density at radius 3 is 2.65 bits per heavy atom. The molecule has 4 heteroatoms. The second kappa shape index (κ2) is 6.42. The van der Waals surface area contributed by atoms with Gasteiger partial charge in [0.05, 0.1) is 17.4 Å². The van der Waals surface area contributed by atoms with Gasteiger partial charge < -0.3 is 20.1 Å². The van der Waals surface area contributed by atoms with Crippen LogP contribution >= 0.6 is 0 Å². The molecule has 4 rings (SSSR count). The minimum Gasteiger partial charge on any atom is -0.490 e. The van der Waals surface area contributed by atoms with E-state index in [2.05, 4.69) is 68.7 Å². The highest BCUT2D eigenvalue weighted by Gasteiger charge is 2.29. The van der Waals surface area contributed by atoms with Crippen molar-refractivity contribution in [1.82, 2.24) is 0 Å². The average molecular weight is 352 g/mol. The van der Waals surface area contributed by atoms with Gasteiger partial charge in [-0.25, -0.2) is 0 Å². The second-order valence-electron chi connectivity index (χ2n) is 8.16. The maximum atomic E-state index is 6.05. The summed E-state index contributed by atoms with van der Waals surface area (Å²) in [6.45, 7) is 11.2. The molecule has 0 radical (unpaired) electrons. The van der Waals surface area contributed by atoms with E-state index in [1.165, 1.54) is 16.7 Å². The highest BCUT2D eigenvalue weighted by atomic mass is 16.5. The zero-order valence-electron chi connectivity index (χ0n) is 16.1. The number of aryl methyl sites for hydroxylation is 2. The molecule has 2 N–H and O–H groups in total. The Labute approximate surface area is 155 Å². The van der Waals surface area contributed by atoms with Crippen LogP contribution in [0, 0.1) is 13.8 Å². The average Bonchev–Trinajstić information content (AvgIpc) is 2.62. The Morgan fingerprint density at radius 2 is 1.81 bits per heavy atom. The zero-order chi connectivity index (χ0) is 18.3. The third-order valence-corrected chi connectivity index (χ3v) is 5.59. The van der Waals surface area contributed by atoms with E-state index >= 15 is 0 Å². The molecular weight excluding hydrogens is 324 g/mol. The Morgan fingerprint density at radius 1 is 1.00 bits per heavy atom. The summed E-state index contributed by atoms with van der Waals surface area (Å²) in [5, 5.41) is 7.13. The van der Waals surface area contributed by atoms with Gasteiger partial charge in [0.15, 0.2) is 0 Å². The molecule has 0 amide bonds. The Hall–Kier alpha value is -2.36. The van der Waals surface area contributed by atoms with E-state index in [0.717, 1.165) is 42.4 Å². The van der Waals surface area contributed by atoms with Gasteiger partial charge in [-0.15, -0.1) is 0 Å². The van der Waals surface area contributed by atoms with Gasteiger partial charge in [-0.3, -0.25) is 0 Å². The van der Waals surface area contributed by atoms with Crippen LogP contribution in [0.1, 0.15) is 37.0 Å². The Bertz CT molecular complexity index is 829. The van der Waals surface area contributed by atoms with Gasteiger partial charge in [0.25, 0.3) is 0 Å². The fourth-order valence-electron chi connectivity index (χ4n) is 3.88. The lowest BCUT2D eigenvalue weighted by molar-refractivity contribution is 0.258. The molecule has 138 valence electrons. The quantitative estimate of drug-likeness (QED) is 0.844. The van der Waals surface area contributed by atoms with Crippen molar-refractivity contribution in [1.29, 1.82) is 0 Å². The molecule has 26 heavy (non-hydrogen) atoms. The molecule has 2 aliphatic heterocycles. The van der Waals surface area contributed by atoms with Crippen LogP contribution in [0.25, 0.3) is 0 Å². The summed E-state index contributed by atoms with van der Waals surface area (Å²) in [5.74, 6) is 1.92. The topological polar surface area (TPSA) is 42.5 Å². The van der Waals surface area contributed by atoms with E-state index in [0.29, 0.717) is 12.6 Å². The van der Waals surface area contributed by atoms with Crippen molar-refractivity contribution in [3.8, 4) is 11.5 Å². The van der Waals surface area contributed by atoms with Crippen molar-refractivity contribution >= 4 is 11.4 Å². The molecule has 0 spiro atoms. The number of anilines is 2.